The summed E-state index contributed by atoms with van der Waals surface area (Å²) in [6, 6.07) is 14.8. The molecule has 2 N–H and O–H groups in total. The van der Waals surface area contributed by atoms with Crippen LogP contribution in [0.25, 0.3) is 0 Å². The van der Waals surface area contributed by atoms with Crippen LogP contribution in [0, 0.1) is 18.7 Å². The van der Waals surface area contributed by atoms with Gasteiger partial charge in [-0.2, -0.15) is 13.2 Å². The normalized spacial score (nSPS) is 15.4. The third-order valence-corrected chi connectivity index (χ3v) is 8.11. The number of sulfonamides is 1. The number of nitrogens with zero attached hydrogens (tertiary/aromatic N) is 2. The predicted molar refractivity (Wildman–Crippen MR) is 154 cm³/mol. The minimum atomic E-state index is -4.62. The number of nitrogens with one attached hydrogen (secondary N) is 2. The second-order valence-corrected chi connectivity index (χ2v) is 12.5. The van der Waals surface area contributed by atoms with Crippen molar-refractivity contribution >= 4 is 27.4 Å². The van der Waals surface area contributed by atoms with Crippen LogP contribution in [0.5, 0.6) is 0 Å². The third kappa shape index (κ3) is 7.99. The van der Waals surface area contributed by atoms with Gasteiger partial charge < -0.3 is 10.2 Å². The van der Waals surface area contributed by atoms with Crippen LogP contribution in [0.1, 0.15) is 53.6 Å². The Labute approximate surface area is 243 Å². The number of rotatable bonds is 9. The number of anilines is 2. The molecule has 0 saturated carbocycles. The van der Waals surface area contributed by atoms with Gasteiger partial charge >= 0.3 is 6.18 Å². The second kappa shape index (κ2) is 12.7. The molecule has 1 amide bonds. The molecule has 2 aromatic carbocycles. The minimum absolute atomic E-state index is 0.0599. The molecule has 4 rings (SSSR count). The SMILES string of the molecule is Cc1cc(C(F)(F)F)nc(N2CCC(Cc3ccccc3)CC2)c1CNC(=O)C(C)c1ccc(NS(C)(=O)=O)c(F)c1. The Balaban J connectivity index is 1.49. The van der Waals surface area contributed by atoms with E-state index in [1.54, 1.807) is 13.8 Å². The van der Waals surface area contributed by atoms with Crippen LogP contribution < -0.4 is 14.9 Å². The molecule has 1 aliphatic heterocycles. The van der Waals surface area contributed by atoms with Crippen LogP contribution in [0.2, 0.25) is 0 Å². The lowest BCUT2D eigenvalue weighted by molar-refractivity contribution is -0.141. The number of carbonyl (C=O) groups is 1. The Bertz CT molecular complexity index is 1520. The van der Waals surface area contributed by atoms with Gasteiger partial charge in [-0.1, -0.05) is 36.4 Å². The molecule has 2 heterocycles. The molecule has 0 aliphatic carbocycles. The van der Waals surface area contributed by atoms with Crippen LogP contribution >= 0.6 is 0 Å². The van der Waals surface area contributed by atoms with Gasteiger partial charge in [0.2, 0.25) is 15.9 Å². The number of amides is 1. The zero-order valence-corrected chi connectivity index (χ0v) is 24.4. The number of alkyl halides is 3. The van der Waals surface area contributed by atoms with E-state index < -0.39 is 39.5 Å². The van der Waals surface area contributed by atoms with Gasteiger partial charge in [0.05, 0.1) is 17.9 Å². The maximum atomic E-state index is 14.5. The average molecular weight is 607 g/mol. The van der Waals surface area contributed by atoms with Crippen molar-refractivity contribution in [2.24, 2.45) is 5.92 Å². The number of carbonyl (C=O) groups excluding carboxylic acids is 1. The van der Waals surface area contributed by atoms with E-state index in [2.05, 4.69) is 27.2 Å². The molecule has 0 radical (unpaired) electrons. The minimum Gasteiger partial charge on any atom is -0.356 e. The van der Waals surface area contributed by atoms with Crippen LogP contribution in [0.3, 0.4) is 0 Å². The van der Waals surface area contributed by atoms with Crippen molar-refractivity contribution in [2.45, 2.75) is 51.7 Å². The van der Waals surface area contributed by atoms with Crippen LogP contribution in [0.15, 0.2) is 54.6 Å². The molecule has 0 spiro atoms. The molecule has 12 heteroatoms. The first-order valence-corrected chi connectivity index (χ1v) is 15.5. The highest BCUT2D eigenvalue weighted by Crippen LogP contribution is 2.34. The summed E-state index contributed by atoms with van der Waals surface area (Å²) in [6.45, 7) is 4.14. The highest BCUT2D eigenvalue weighted by molar-refractivity contribution is 7.92. The standard InChI is InChI=1S/C30H34F4N4O3S/c1-19-15-27(30(32,33)34)36-28(38-13-11-22(12-14-38)16-21-7-5-4-6-8-21)24(19)18-35-29(39)20(2)23-9-10-26(25(31)17-23)37-42(3,40)41/h4-10,15,17,20,22,37H,11-14,16,18H2,1-3H3,(H,35,39). The highest BCUT2D eigenvalue weighted by atomic mass is 32.2. The average Bonchev–Trinajstić information content (AvgIpc) is 2.92. The predicted octanol–water partition coefficient (Wildman–Crippen LogP) is 5.80. The van der Waals surface area contributed by atoms with Crippen LogP contribution in [-0.4, -0.2) is 38.7 Å². The van der Waals surface area contributed by atoms with Gasteiger partial charge in [-0.25, -0.2) is 17.8 Å². The summed E-state index contributed by atoms with van der Waals surface area (Å²) in [5.74, 6) is -1.51. The Kier molecular flexibility index (Phi) is 9.44. The number of aryl methyl sites for hydroxylation is 1. The topological polar surface area (TPSA) is 91.4 Å². The number of hydrogen-bond donors (Lipinski definition) is 2. The third-order valence-electron chi connectivity index (χ3n) is 7.52. The van der Waals surface area contributed by atoms with E-state index in [-0.39, 0.29) is 18.1 Å². The van der Waals surface area contributed by atoms with Crippen molar-refractivity contribution < 1.29 is 30.8 Å². The Morgan fingerprint density at radius 1 is 1.10 bits per heavy atom. The number of halogens is 4. The number of piperidine rings is 1. The van der Waals surface area contributed by atoms with Crippen LogP contribution in [0.4, 0.5) is 29.1 Å². The summed E-state index contributed by atoms with van der Waals surface area (Å²) in [6.07, 6.45) is -1.23. The lowest BCUT2D eigenvalue weighted by atomic mass is 9.90. The largest absolute Gasteiger partial charge is 0.433 e. The van der Waals surface area contributed by atoms with Gasteiger partial charge in [0, 0.05) is 25.2 Å². The fourth-order valence-corrected chi connectivity index (χ4v) is 5.73. The fourth-order valence-electron chi connectivity index (χ4n) is 5.17. The first kappa shape index (κ1) is 31.3. The van der Waals surface area contributed by atoms with Crippen molar-refractivity contribution in [3.8, 4) is 0 Å². The van der Waals surface area contributed by atoms with E-state index in [4.69, 9.17) is 0 Å². The monoisotopic (exact) mass is 606 g/mol. The van der Waals surface area contributed by atoms with Crippen molar-refractivity contribution in [3.05, 3.63) is 88.4 Å². The van der Waals surface area contributed by atoms with E-state index in [9.17, 15) is 30.8 Å². The fraction of sp³-hybridized carbons (Fsp3) is 0.400. The number of pyridine rings is 1. The van der Waals surface area contributed by atoms with E-state index >= 15 is 0 Å². The van der Waals surface area contributed by atoms with Gasteiger partial charge in [0.15, 0.2) is 0 Å². The first-order chi connectivity index (χ1) is 19.7. The van der Waals surface area contributed by atoms with E-state index in [0.29, 0.717) is 35.7 Å². The van der Waals surface area contributed by atoms with Gasteiger partial charge in [-0.3, -0.25) is 9.52 Å². The first-order valence-electron chi connectivity index (χ1n) is 13.6. The van der Waals surface area contributed by atoms with Crippen molar-refractivity contribution in [1.82, 2.24) is 10.3 Å². The maximum absolute atomic E-state index is 14.5. The van der Waals surface area contributed by atoms with Crippen molar-refractivity contribution in [1.29, 1.82) is 0 Å². The molecule has 1 fully saturated rings. The second-order valence-electron chi connectivity index (χ2n) is 10.8. The molecular formula is C30H34F4N4O3S. The van der Waals surface area contributed by atoms with Gasteiger partial charge in [-0.15, -0.1) is 0 Å². The molecule has 1 atom stereocenters. The smallest absolute Gasteiger partial charge is 0.356 e. The molecular weight excluding hydrogens is 572 g/mol. The maximum Gasteiger partial charge on any atom is 0.433 e. The summed E-state index contributed by atoms with van der Waals surface area (Å²) in [5.41, 5.74) is 1.16. The summed E-state index contributed by atoms with van der Waals surface area (Å²) in [5, 5.41) is 2.77. The van der Waals surface area contributed by atoms with Gasteiger partial charge in [0.25, 0.3) is 0 Å². The molecule has 42 heavy (non-hydrogen) atoms. The quantitative estimate of drug-likeness (QED) is 0.301. The Hall–Kier alpha value is -3.67. The van der Waals surface area contributed by atoms with Crippen LogP contribution in [-0.2, 0) is 34.0 Å². The summed E-state index contributed by atoms with van der Waals surface area (Å²) in [4.78, 5) is 18.9. The van der Waals surface area contributed by atoms with E-state index in [0.717, 1.165) is 37.7 Å². The summed E-state index contributed by atoms with van der Waals surface area (Å²) < 4.78 is 80.5. The Morgan fingerprint density at radius 2 is 1.76 bits per heavy atom. The van der Waals surface area contributed by atoms with Crippen molar-refractivity contribution in [2.75, 3.05) is 29.0 Å². The van der Waals surface area contributed by atoms with E-state index in [1.165, 1.54) is 17.7 Å². The molecule has 7 nitrogen and oxygen atoms in total. The lowest BCUT2D eigenvalue weighted by Gasteiger charge is -2.35. The summed E-state index contributed by atoms with van der Waals surface area (Å²) >= 11 is 0. The molecule has 1 saturated heterocycles. The van der Waals surface area contributed by atoms with Crippen molar-refractivity contribution in [3.63, 3.8) is 0 Å². The van der Waals surface area contributed by atoms with Gasteiger partial charge in [-0.05, 0) is 73.9 Å². The number of hydrogen-bond acceptors (Lipinski definition) is 5. The Morgan fingerprint density at radius 3 is 2.36 bits per heavy atom. The molecule has 226 valence electrons. The molecule has 1 aromatic heterocycles. The molecule has 1 aliphatic rings. The van der Waals surface area contributed by atoms with Gasteiger partial charge in [0.1, 0.15) is 17.3 Å². The summed E-state index contributed by atoms with van der Waals surface area (Å²) in [7, 11) is -3.69. The number of aromatic nitrogens is 1. The zero-order valence-electron chi connectivity index (χ0n) is 23.6. The highest BCUT2D eigenvalue weighted by Gasteiger charge is 2.35. The molecule has 3 aromatic rings. The molecule has 0 bridgehead atoms. The number of benzene rings is 2. The molecule has 1 unspecified atom stereocenters. The zero-order chi connectivity index (χ0) is 30.7. The lowest BCUT2D eigenvalue weighted by Crippen LogP contribution is -2.37. The van der Waals surface area contributed by atoms with E-state index in [1.807, 2.05) is 23.1 Å².